The molecule has 1 heterocycles. The monoisotopic (exact) mass is 279 g/mol. The van der Waals surface area contributed by atoms with Gasteiger partial charge in [-0.25, -0.2) is 18.4 Å². The first kappa shape index (κ1) is 13.7. The van der Waals surface area contributed by atoms with Crippen LogP contribution in [0, 0.1) is 0 Å². The minimum atomic E-state index is -3.85. The highest BCUT2D eigenvalue weighted by atomic mass is 35.5. The highest BCUT2D eigenvalue weighted by Gasteiger charge is 2.18. The number of carbonyl (C=O) groups is 1. The summed E-state index contributed by atoms with van der Waals surface area (Å²) in [5.41, 5.74) is 0. The Morgan fingerprint density at radius 3 is 2.82 bits per heavy atom. The van der Waals surface area contributed by atoms with E-state index in [1.807, 2.05) is 0 Å². The Morgan fingerprint density at radius 1 is 1.53 bits per heavy atom. The third-order valence-corrected chi connectivity index (χ3v) is 2.85. The quantitative estimate of drug-likeness (QED) is 0.620. The summed E-state index contributed by atoms with van der Waals surface area (Å²) in [6.07, 6.45) is 1.10. The topological polar surface area (TPSA) is 98.2 Å². The lowest BCUT2D eigenvalue weighted by Gasteiger charge is -2.06. The Morgan fingerprint density at radius 2 is 2.24 bits per heavy atom. The lowest BCUT2D eigenvalue weighted by atomic mass is 10.6. The molecule has 1 rings (SSSR count). The van der Waals surface area contributed by atoms with Gasteiger partial charge in [0.2, 0.25) is 10.0 Å². The standard InChI is InChI=1S/C8H10ClN3O4S/c1-2-16-8(13)4-17(14,15)12-7-3-6(9)10-5-11-7/h3,5H,2,4H2,1H3,(H,10,11,12). The van der Waals surface area contributed by atoms with Gasteiger partial charge in [0.1, 0.15) is 17.3 Å². The number of sulfonamides is 1. The van der Waals surface area contributed by atoms with E-state index in [4.69, 9.17) is 11.6 Å². The van der Waals surface area contributed by atoms with E-state index in [1.54, 1.807) is 6.92 Å². The SMILES string of the molecule is CCOC(=O)CS(=O)(=O)Nc1cc(Cl)ncn1. The second-order valence-corrected chi connectivity index (χ2v) is 5.00. The molecule has 1 aromatic heterocycles. The number of hydrogen-bond acceptors (Lipinski definition) is 6. The van der Waals surface area contributed by atoms with E-state index < -0.39 is 21.7 Å². The number of halogens is 1. The van der Waals surface area contributed by atoms with Crippen LogP contribution < -0.4 is 4.72 Å². The number of carbonyl (C=O) groups excluding carboxylic acids is 1. The normalized spacial score (nSPS) is 10.9. The van der Waals surface area contributed by atoms with Crippen molar-refractivity contribution in [2.75, 3.05) is 17.1 Å². The fourth-order valence-corrected chi connectivity index (χ4v) is 1.99. The molecule has 0 unspecified atom stereocenters. The van der Waals surface area contributed by atoms with Crippen LogP contribution in [-0.2, 0) is 19.6 Å². The molecule has 0 bridgehead atoms. The van der Waals surface area contributed by atoms with Gasteiger partial charge in [0.15, 0.2) is 5.75 Å². The molecule has 0 aromatic carbocycles. The van der Waals surface area contributed by atoms with E-state index in [-0.39, 0.29) is 17.6 Å². The first-order valence-corrected chi connectivity index (χ1v) is 6.59. The van der Waals surface area contributed by atoms with E-state index in [1.165, 1.54) is 6.07 Å². The zero-order valence-corrected chi connectivity index (χ0v) is 10.5. The molecule has 0 aliphatic rings. The van der Waals surface area contributed by atoms with Gasteiger partial charge in [-0.1, -0.05) is 11.6 Å². The van der Waals surface area contributed by atoms with Crippen LogP contribution in [-0.4, -0.2) is 36.7 Å². The average Bonchev–Trinajstić information content (AvgIpc) is 2.15. The Labute approximate surface area is 103 Å². The molecular weight excluding hydrogens is 270 g/mol. The maximum atomic E-state index is 11.5. The molecule has 0 radical (unpaired) electrons. The van der Waals surface area contributed by atoms with E-state index >= 15 is 0 Å². The number of ether oxygens (including phenoxy) is 1. The first-order chi connectivity index (χ1) is 7.93. The van der Waals surface area contributed by atoms with Crippen LogP contribution in [0.25, 0.3) is 0 Å². The molecule has 1 aromatic rings. The van der Waals surface area contributed by atoms with Crippen LogP contribution in [0.1, 0.15) is 6.92 Å². The van der Waals surface area contributed by atoms with Crippen LogP contribution in [0.3, 0.4) is 0 Å². The summed E-state index contributed by atoms with van der Waals surface area (Å²) in [6, 6.07) is 1.23. The molecule has 0 aliphatic carbocycles. The molecule has 0 fully saturated rings. The maximum absolute atomic E-state index is 11.5. The van der Waals surface area contributed by atoms with Crippen LogP contribution in [0.4, 0.5) is 5.82 Å². The number of nitrogens with one attached hydrogen (secondary N) is 1. The molecule has 0 saturated heterocycles. The van der Waals surface area contributed by atoms with Crippen molar-refractivity contribution in [3.8, 4) is 0 Å². The van der Waals surface area contributed by atoms with Crippen molar-refractivity contribution >= 4 is 33.4 Å². The van der Waals surface area contributed by atoms with Crippen LogP contribution >= 0.6 is 11.6 Å². The fourth-order valence-electron chi connectivity index (χ4n) is 0.943. The van der Waals surface area contributed by atoms with Crippen molar-refractivity contribution in [1.82, 2.24) is 9.97 Å². The fraction of sp³-hybridized carbons (Fsp3) is 0.375. The van der Waals surface area contributed by atoms with E-state index in [2.05, 4.69) is 19.4 Å². The van der Waals surface area contributed by atoms with Crippen molar-refractivity contribution in [2.24, 2.45) is 0 Å². The Balaban J connectivity index is 2.70. The Hall–Kier alpha value is -1.41. The van der Waals surface area contributed by atoms with Gasteiger partial charge in [-0.2, -0.15) is 0 Å². The summed E-state index contributed by atoms with van der Waals surface area (Å²) < 4.78 is 29.6. The lowest BCUT2D eigenvalue weighted by Crippen LogP contribution is -2.24. The van der Waals surface area contributed by atoms with E-state index in [9.17, 15) is 13.2 Å². The molecule has 17 heavy (non-hydrogen) atoms. The van der Waals surface area contributed by atoms with Gasteiger partial charge in [-0.05, 0) is 6.92 Å². The average molecular weight is 280 g/mol. The minimum absolute atomic E-state index is 0.00528. The molecule has 0 spiro atoms. The molecule has 0 aliphatic heterocycles. The second kappa shape index (κ2) is 5.78. The van der Waals surface area contributed by atoms with Crippen LogP contribution in [0.15, 0.2) is 12.4 Å². The molecular formula is C8H10ClN3O4S. The van der Waals surface area contributed by atoms with Crippen molar-refractivity contribution < 1.29 is 17.9 Å². The third-order valence-electron chi connectivity index (χ3n) is 1.51. The third kappa shape index (κ3) is 4.96. The van der Waals surface area contributed by atoms with Crippen LogP contribution in [0.2, 0.25) is 5.15 Å². The van der Waals surface area contributed by atoms with Crippen molar-refractivity contribution in [3.63, 3.8) is 0 Å². The zero-order chi connectivity index (χ0) is 12.9. The second-order valence-electron chi connectivity index (χ2n) is 2.89. The number of esters is 1. The van der Waals surface area contributed by atoms with Crippen LogP contribution in [0.5, 0.6) is 0 Å². The smallest absolute Gasteiger partial charge is 0.323 e. The number of aromatic nitrogens is 2. The van der Waals surface area contributed by atoms with Gasteiger partial charge < -0.3 is 4.74 Å². The van der Waals surface area contributed by atoms with Gasteiger partial charge in [-0.15, -0.1) is 0 Å². The summed E-state index contributed by atoms with van der Waals surface area (Å²) in [6.45, 7) is 1.70. The molecule has 0 amide bonds. The highest BCUT2D eigenvalue weighted by Crippen LogP contribution is 2.10. The predicted molar refractivity (Wildman–Crippen MR) is 61.1 cm³/mol. The summed E-state index contributed by atoms with van der Waals surface area (Å²) in [5, 5.41) is 0.0915. The largest absolute Gasteiger partial charge is 0.465 e. The summed E-state index contributed by atoms with van der Waals surface area (Å²) in [4.78, 5) is 18.2. The maximum Gasteiger partial charge on any atom is 0.323 e. The Bertz CT molecular complexity index is 505. The van der Waals surface area contributed by atoms with E-state index in [0.717, 1.165) is 6.33 Å². The molecule has 1 N–H and O–H groups in total. The van der Waals surface area contributed by atoms with Crippen molar-refractivity contribution in [3.05, 3.63) is 17.5 Å². The zero-order valence-electron chi connectivity index (χ0n) is 8.88. The van der Waals surface area contributed by atoms with Gasteiger partial charge >= 0.3 is 5.97 Å². The summed E-state index contributed by atoms with van der Waals surface area (Å²) in [7, 11) is -3.85. The first-order valence-electron chi connectivity index (χ1n) is 4.56. The number of nitrogens with zero attached hydrogens (tertiary/aromatic N) is 2. The van der Waals surface area contributed by atoms with Crippen molar-refractivity contribution in [1.29, 1.82) is 0 Å². The Kier molecular flexibility index (Phi) is 4.64. The minimum Gasteiger partial charge on any atom is -0.465 e. The predicted octanol–water partition coefficient (Wildman–Crippen LogP) is 0.435. The molecule has 0 atom stereocenters. The molecule has 0 saturated carbocycles. The van der Waals surface area contributed by atoms with Gasteiger partial charge in [0.25, 0.3) is 0 Å². The van der Waals surface area contributed by atoms with Gasteiger partial charge in [-0.3, -0.25) is 9.52 Å². The van der Waals surface area contributed by atoms with Gasteiger partial charge in [0, 0.05) is 6.07 Å². The highest BCUT2D eigenvalue weighted by molar-refractivity contribution is 7.93. The lowest BCUT2D eigenvalue weighted by molar-refractivity contribution is -0.139. The van der Waals surface area contributed by atoms with Gasteiger partial charge in [0.05, 0.1) is 6.61 Å². The molecule has 7 nitrogen and oxygen atoms in total. The van der Waals surface area contributed by atoms with Crippen molar-refractivity contribution in [2.45, 2.75) is 6.92 Å². The number of hydrogen-bond donors (Lipinski definition) is 1. The number of anilines is 1. The molecule has 94 valence electrons. The molecule has 9 heteroatoms. The van der Waals surface area contributed by atoms with E-state index in [0.29, 0.717) is 0 Å². The summed E-state index contributed by atoms with van der Waals surface area (Å²) in [5.74, 6) is -1.61. The number of rotatable bonds is 5. The summed E-state index contributed by atoms with van der Waals surface area (Å²) >= 11 is 5.55.